The number of nitrogens with zero attached hydrogens (tertiary/aromatic N) is 1. The summed E-state index contributed by atoms with van der Waals surface area (Å²) in [6.07, 6.45) is 3.63. The van der Waals surface area contributed by atoms with Crippen LogP contribution in [0, 0.1) is 0 Å². The lowest BCUT2D eigenvalue weighted by molar-refractivity contribution is -0.114. The standard InChI is InChI=1S/C20H26N2O4S/c1-4-9-26-20(24)22-12-18(11-16(22)10-14(2)19(21)23)27-13-15-5-7-17(25-3)8-6-15/h4-8,10,16,18H,1,9,11-13H2,2-3H3,(H2,21,23)/b14-10+/t16-,18+/m1/s1. The van der Waals surface area contributed by atoms with E-state index in [0.717, 1.165) is 17.9 Å². The minimum atomic E-state index is -0.483. The maximum Gasteiger partial charge on any atom is 0.410 e. The molecule has 2 atom stereocenters. The summed E-state index contributed by atoms with van der Waals surface area (Å²) in [7, 11) is 1.64. The number of hydrogen-bond acceptors (Lipinski definition) is 5. The van der Waals surface area contributed by atoms with Gasteiger partial charge in [-0.05, 0) is 31.0 Å². The van der Waals surface area contributed by atoms with Gasteiger partial charge >= 0.3 is 6.09 Å². The topological polar surface area (TPSA) is 81.9 Å². The Morgan fingerprint density at radius 2 is 2.07 bits per heavy atom. The van der Waals surface area contributed by atoms with Crippen molar-refractivity contribution in [2.75, 3.05) is 20.3 Å². The van der Waals surface area contributed by atoms with Crippen molar-refractivity contribution >= 4 is 23.8 Å². The normalized spacial score (nSPS) is 19.6. The Balaban J connectivity index is 2.02. The molecule has 0 saturated carbocycles. The zero-order valence-electron chi connectivity index (χ0n) is 15.7. The molecule has 0 unspecified atom stereocenters. The predicted molar refractivity (Wildman–Crippen MR) is 108 cm³/mol. The Kier molecular flexibility index (Phi) is 7.79. The van der Waals surface area contributed by atoms with Crippen molar-refractivity contribution in [3.05, 3.63) is 54.1 Å². The lowest BCUT2D eigenvalue weighted by atomic mass is 10.1. The Hall–Kier alpha value is -2.41. The van der Waals surface area contributed by atoms with Crippen LogP contribution in [0.5, 0.6) is 5.75 Å². The lowest BCUT2D eigenvalue weighted by Crippen LogP contribution is -2.36. The van der Waals surface area contributed by atoms with Gasteiger partial charge in [0.1, 0.15) is 12.4 Å². The van der Waals surface area contributed by atoms with Gasteiger partial charge in [-0.2, -0.15) is 11.8 Å². The Morgan fingerprint density at radius 3 is 2.67 bits per heavy atom. The van der Waals surface area contributed by atoms with Crippen LogP contribution >= 0.6 is 11.8 Å². The second kappa shape index (κ2) is 10.1. The number of likely N-dealkylation sites (tertiary alicyclic amines) is 1. The van der Waals surface area contributed by atoms with E-state index < -0.39 is 12.0 Å². The first-order chi connectivity index (χ1) is 12.9. The van der Waals surface area contributed by atoms with Crippen LogP contribution in [0.3, 0.4) is 0 Å². The molecule has 0 spiro atoms. The number of carbonyl (C=O) groups excluding carboxylic acids is 2. The predicted octanol–water partition coefficient (Wildman–Crippen LogP) is 3.13. The fourth-order valence-electron chi connectivity index (χ4n) is 2.83. The van der Waals surface area contributed by atoms with Crippen molar-refractivity contribution < 1.29 is 19.1 Å². The van der Waals surface area contributed by atoms with Crippen LogP contribution < -0.4 is 10.5 Å². The molecule has 1 heterocycles. The molecule has 1 aromatic rings. The summed E-state index contributed by atoms with van der Waals surface area (Å²) in [6, 6.07) is 7.73. The summed E-state index contributed by atoms with van der Waals surface area (Å²) in [6.45, 7) is 5.93. The molecule has 2 rings (SSSR count). The quantitative estimate of drug-likeness (QED) is 0.545. The molecule has 2 N–H and O–H groups in total. The molecular formula is C20H26N2O4S. The number of nitrogens with two attached hydrogens (primary N) is 1. The summed E-state index contributed by atoms with van der Waals surface area (Å²) < 4.78 is 10.4. The number of methoxy groups -OCH3 is 1. The molecule has 0 aromatic heterocycles. The highest BCUT2D eigenvalue weighted by molar-refractivity contribution is 7.99. The van der Waals surface area contributed by atoms with Gasteiger partial charge in [0.2, 0.25) is 5.91 Å². The third-order valence-corrected chi connectivity index (χ3v) is 5.65. The first kappa shape index (κ1) is 20.9. The summed E-state index contributed by atoms with van der Waals surface area (Å²) in [4.78, 5) is 25.4. The number of amides is 2. The zero-order valence-corrected chi connectivity index (χ0v) is 16.5. The fourth-order valence-corrected chi connectivity index (χ4v) is 4.05. The van der Waals surface area contributed by atoms with E-state index in [9.17, 15) is 9.59 Å². The van der Waals surface area contributed by atoms with Crippen molar-refractivity contribution in [1.82, 2.24) is 4.90 Å². The van der Waals surface area contributed by atoms with Crippen LogP contribution in [-0.4, -0.2) is 48.5 Å². The van der Waals surface area contributed by atoms with Crippen LogP contribution in [0.4, 0.5) is 4.79 Å². The van der Waals surface area contributed by atoms with E-state index in [1.54, 1.807) is 36.8 Å². The van der Waals surface area contributed by atoms with E-state index in [1.165, 1.54) is 11.6 Å². The maximum absolute atomic E-state index is 12.3. The van der Waals surface area contributed by atoms with E-state index in [2.05, 4.69) is 6.58 Å². The van der Waals surface area contributed by atoms with Crippen molar-refractivity contribution in [2.45, 2.75) is 30.4 Å². The average molecular weight is 391 g/mol. The van der Waals surface area contributed by atoms with Crippen molar-refractivity contribution in [2.24, 2.45) is 5.73 Å². The lowest BCUT2D eigenvalue weighted by Gasteiger charge is -2.21. The monoisotopic (exact) mass is 390 g/mol. The second-order valence-electron chi connectivity index (χ2n) is 6.32. The SMILES string of the molecule is C=CCOC(=O)N1C[C@@H](SCc2ccc(OC)cc2)C[C@H]1/C=C(\C)C(N)=O. The summed E-state index contributed by atoms with van der Waals surface area (Å²) in [5.74, 6) is 1.17. The van der Waals surface area contributed by atoms with E-state index in [0.29, 0.717) is 12.1 Å². The molecule has 2 amide bonds. The molecular weight excluding hydrogens is 364 g/mol. The molecule has 0 radical (unpaired) electrons. The molecule has 0 bridgehead atoms. The van der Waals surface area contributed by atoms with Gasteiger partial charge in [0.15, 0.2) is 0 Å². The first-order valence-corrected chi connectivity index (χ1v) is 9.76. The Bertz CT molecular complexity index is 702. The summed E-state index contributed by atoms with van der Waals surface area (Å²) >= 11 is 1.78. The van der Waals surface area contributed by atoms with Gasteiger partial charge in [0.05, 0.1) is 13.2 Å². The molecule has 6 nitrogen and oxygen atoms in total. The molecule has 0 aliphatic carbocycles. The minimum Gasteiger partial charge on any atom is -0.497 e. The van der Waals surface area contributed by atoms with Crippen molar-refractivity contribution in [3.8, 4) is 5.75 Å². The molecule has 1 aromatic carbocycles. The van der Waals surface area contributed by atoms with Crippen LogP contribution in [0.1, 0.15) is 18.9 Å². The number of carbonyl (C=O) groups is 2. The third kappa shape index (κ3) is 6.06. The van der Waals surface area contributed by atoms with Crippen LogP contribution in [0.2, 0.25) is 0 Å². The zero-order chi connectivity index (χ0) is 19.8. The highest BCUT2D eigenvalue weighted by Gasteiger charge is 2.35. The van der Waals surface area contributed by atoms with Gasteiger partial charge in [-0.25, -0.2) is 4.79 Å². The number of ether oxygens (including phenoxy) is 2. The molecule has 1 fully saturated rings. The average Bonchev–Trinajstić information content (AvgIpc) is 3.07. The van der Waals surface area contributed by atoms with Crippen LogP contribution in [0.15, 0.2) is 48.6 Å². The molecule has 7 heteroatoms. The van der Waals surface area contributed by atoms with Gasteiger partial charge in [0.25, 0.3) is 0 Å². The second-order valence-corrected chi connectivity index (χ2v) is 7.60. The minimum absolute atomic E-state index is 0.157. The fraction of sp³-hybridized carbons (Fsp3) is 0.400. The number of primary amides is 1. The Morgan fingerprint density at radius 1 is 1.37 bits per heavy atom. The smallest absolute Gasteiger partial charge is 0.410 e. The number of hydrogen-bond donors (Lipinski definition) is 1. The number of rotatable bonds is 8. The molecule has 146 valence electrons. The van der Waals surface area contributed by atoms with Crippen molar-refractivity contribution in [1.29, 1.82) is 0 Å². The number of benzene rings is 1. The van der Waals surface area contributed by atoms with Gasteiger partial charge in [-0.15, -0.1) is 0 Å². The molecule has 1 saturated heterocycles. The molecule has 1 aliphatic heterocycles. The van der Waals surface area contributed by atoms with Gasteiger partial charge in [-0.1, -0.05) is 30.9 Å². The van der Waals surface area contributed by atoms with E-state index in [1.807, 2.05) is 24.3 Å². The van der Waals surface area contributed by atoms with Gasteiger partial charge < -0.3 is 20.1 Å². The van der Waals surface area contributed by atoms with E-state index in [4.69, 9.17) is 15.2 Å². The summed E-state index contributed by atoms with van der Waals surface area (Å²) in [5, 5.41) is 0.241. The highest BCUT2D eigenvalue weighted by atomic mass is 32.2. The molecule has 27 heavy (non-hydrogen) atoms. The van der Waals surface area contributed by atoms with E-state index >= 15 is 0 Å². The number of thioether (sulfide) groups is 1. The van der Waals surface area contributed by atoms with Crippen LogP contribution in [-0.2, 0) is 15.3 Å². The van der Waals surface area contributed by atoms with E-state index in [-0.39, 0.29) is 17.9 Å². The van der Waals surface area contributed by atoms with Crippen molar-refractivity contribution in [3.63, 3.8) is 0 Å². The highest BCUT2D eigenvalue weighted by Crippen LogP contribution is 2.31. The van der Waals surface area contributed by atoms with Gasteiger partial charge in [0, 0.05) is 23.1 Å². The molecule has 1 aliphatic rings. The maximum atomic E-state index is 12.3. The van der Waals surface area contributed by atoms with Crippen LogP contribution in [0.25, 0.3) is 0 Å². The van der Waals surface area contributed by atoms with Gasteiger partial charge in [-0.3, -0.25) is 4.79 Å². The Labute approximate surface area is 164 Å². The largest absolute Gasteiger partial charge is 0.497 e. The summed E-state index contributed by atoms with van der Waals surface area (Å²) in [5.41, 5.74) is 6.97. The third-order valence-electron chi connectivity index (χ3n) is 4.34. The first-order valence-electron chi connectivity index (χ1n) is 8.71.